The Morgan fingerprint density at radius 2 is 1.88 bits per heavy atom. The van der Waals surface area contributed by atoms with Crippen molar-refractivity contribution in [1.29, 1.82) is 0 Å². The Kier molecular flexibility index (Phi) is 6.26. The molecule has 32 heavy (non-hydrogen) atoms. The van der Waals surface area contributed by atoms with Gasteiger partial charge in [0.15, 0.2) is 5.84 Å². The lowest BCUT2D eigenvalue weighted by atomic mass is 9.90. The number of halogens is 6. The smallest absolute Gasteiger partial charge is 0.483 e. The molecule has 3 aliphatic rings. The monoisotopic (exact) mass is 468 g/mol. The molecule has 1 saturated heterocycles. The Bertz CT molecular complexity index is 943. The van der Waals surface area contributed by atoms with Crippen molar-refractivity contribution in [3.8, 4) is 5.75 Å². The number of hydrazone groups is 1. The minimum atomic E-state index is -5.08. The first-order chi connectivity index (χ1) is 14.8. The lowest BCUT2D eigenvalue weighted by molar-refractivity contribution is -0.192. The number of anilines is 1. The highest BCUT2D eigenvalue weighted by Gasteiger charge is 2.40. The fourth-order valence-corrected chi connectivity index (χ4v) is 3.35. The molecule has 0 bridgehead atoms. The summed E-state index contributed by atoms with van der Waals surface area (Å²) in [6, 6.07) is 1.98. The van der Waals surface area contributed by atoms with Crippen LogP contribution in [0.1, 0.15) is 18.1 Å². The number of aliphatic carboxylic acids is 1. The van der Waals surface area contributed by atoms with Crippen molar-refractivity contribution in [2.24, 2.45) is 11.0 Å². The zero-order valence-electron chi connectivity index (χ0n) is 16.5. The Morgan fingerprint density at radius 1 is 1.25 bits per heavy atom. The molecule has 1 aromatic rings. The molecule has 0 saturated carbocycles. The van der Waals surface area contributed by atoms with E-state index in [1.165, 1.54) is 6.07 Å². The maximum absolute atomic E-state index is 13.5. The summed E-state index contributed by atoms with van der Waals surface area (Å²) in [4.78, 5) is 22.5. The Hall–Kier alpha value is -3.03. The van der Waals surface area contributed by atoms with Crippen LogP contribution in [0.3, 0.4) is 0 Å². The van der Waals surface area contributed by atoms with Crippen molar-refractivity contribution in [1.82, 2.24) is 10.7 Å². The van der Waals surface area contributed by atoms with Gasteiger partial charge in [-0.25, -0.2) is 10.2 Å². The minimum Gasteiger partial charge on any atom is -0.483 e. The lowest BCUT2D eigenvalue weighted by Gasteiger charge is -2.39. The van der Waals surface area contributed by atoms with Crippen molar-refractivity contribution in [2.75, 3.05) is 24.6 Å². The number of carbonyl (C=O) groups excluding carboxylic acids is 1. The number of amidine groups is 1. The number of benzene rings is 1. The number of fused-ring (bicyclic) bond motifs is 3. The molecule has 3 aliphatic heterocycles. The number of amides is 1. The summed E-state index contributed by atoms with van der Waals surface area (Å²) in [7, 11) is 0. The predicted molar refractivity (Wildman–Crippen MR) is 98.2 cm³/mol. The highest BCUT2D eigenvalue weighted by Crippen LogP contribution is 2.43. The van der Waals surface area contributed by atoms with Crippen molar-refractivity contribution in [3.63, 3.8) is 0 Å². The Morgan fingerprint density at radius 3 is 2.38 bits per heavy atom. The van der Waals surface area contributed by atoms with Gasteiger partial charge in [0.25, 0.3) is 5.91 Å². The predicted octanol–water partition coefficient (Wildman–Crippen LogP) is 2.13. The van der Waals surface area contributed by atoms with E-state index in [1.807, 2.05) is 0 Å². The minimum absolute atomic E-state index is 0.0147. The van der Waals surface area contributed by atoms with Crippen LogP contribution in [-0.2, 0) is 22.2 Å². The third kappa shape index (κ3) is 4.89. The highest BCUT2D eigenvalue weighted by molar-refractivity contribution is 6.09. The Labute approximate surface area is 177 Å². The van der Waals surface area contributed by atoms with Crippen LogP contribution < -0.4 is 20.4 Å². The van der Waals surface area contributed by atoms with Gasteiger partial charge in [-0.1, -0.05) is 0 Å². The fourth-order valence-electron chi connectivity index (χ4n) is 3.35. The number of hydrogen-bond acceptors (Lipinski definition) is 6. The summed E-state index contributed by atoms with van der Waals surface area (Å²) in [6.07, 6.45) is -9.21. The van der Waals surface area contributed by atoms with Crippen molar-refractivity contribution < 1.29 is 45.8 Å². The molecule has 1 fully saturated rings. The maximum atomic E-state index is 13.5. The quantitative estimate of drug-likeness (QED) is 0.575. The summed E-state index contributed by atoms with van der Waals surface area (Å²) in [5.74, 6) is -2.27. The number of ether oxygens (including phenoxy) is 1. The first-order valence-corrected chi connectivity index (χ1v) is 9.32. The SMILES string of the molecule is CC1C(=O)NN=C2COc3cc(C(F)(F)F)c(CC4CNC4)cc3N21.O=C(O)C(F)(F)F. The number of rotatable bonds is 2. The molecule has 1 amide bonds. The topological polar surface area (TPSA) is 103 Å². The molecule has 0 aliphatic carbocycles. The van der Waals surface area contributed by atoms with Gasteiger partial charge < -0.3 is 20.1 Å². The molecule has 3 N–H and O–H groups in total. The first-order valence-electron chi connectivity index (χ1n) is 9.32. The van der Waals surface area contributed by atoms with Crippen LogP contribution >= 0.6 is 0 Å². The van der Waals surface area contributed by atoms with Crippen LogP contribution in [0.2, 0.25) is 0 Å². The van der Waals surface area contributed by atoms with Gasteiger partial charge in [0.05, 0.1) is 11.3 Å². The van der Waals surface area contributed by atoms with E-state index in [-0.39, 0.29) is 29.7 Å². The molecule has 8 nitrogen and oxygen atoms in total. The van der Waals surface area contributed by atoms with E-state index in [9.17, 15) is 31.1 Å². The highest BCUT2D eigenvalue weighted by atomic mass is 19.4. The van der Waals surface area contributed by atoms with Crippen LogP contribution in [0.4, 0.5) is 32.0 Å². The van der Waals surface area contributed by atoms with Gasteiger partial charge in [0.1, 0.15) is 18.4 Å². The molecule has 1 aromatic carbocycles. The van der Waals surface area contributed by atoms with Gasteiger partial charge in [0.2, 0.25) is 0 Å². The molecule has 1 unspecified atom stereocenters. The van der Waals surface area contributed by atoms with E-state index in [1.54, 1.807) is 11.8 Å². The average molecular weight is 468 g/mol. The second-order valence-corrected chi connectivity index (χ2v) is 7.34. The summed E-state index contributed by atoms with van der Waals surface area (Å²) in [6.45, 7) is 3.12. The third-order valence-corrected chi connectivity index (χ3v) is 5.06. The lowest BCUT2D eigenvalue weighted by Crippen LogP contribution is -2.55. The van der Waals surface area contributed by atoms with E-state index in [0.717, 1.165) is 6.07 Å². The second-order valence-electron chi connectivity index (χ2n) is 7.34. The zero-order valence-corrected chi connectivity index (χ0v) is 16.5. The number of carbonyl (C=O) groups is 2. The number of nitrogens with one attached hydrogen (secondary N) is 2. The second kappa shape index (κ2) is 8.48. The van der Waals surface area contributed by atoms with Gasteiger partial charge in [-0.3, -0.25) is 4.79 Å². The zero-order chi connectivity index (χ0) is 23.8. The maximum Gasteiger partial charge on any atom is 0.490 e. The fraction of sp³-hybridized carbons (Fsp3) is 0.500. The standard InChI is InChI=1S/C16H17F3N4O2.C2HF3O2/c1-8-15(24)22-21-14-7-25-13-4-11(16(17,18)19)10(2-9-5-20-6-9)3-12(13)23(8)14;3-2(4,5)1(6)7/h3-4,8-9,20H,2,5-7H2,1H3,(H,22,24);(H,6,7). The molecule has 0 aromatic heterocycles. The van der Waals surface area contributed by atoms with Gasteiger partial charge in [-0.2, -0.15) is 31.4 Å². The van der Waals surface area contributed by atoms with E-state index >= 15 is 0 Å². The summed E-state index contributed by atoms with van der Waals surface area (Å²) < 4.78 is 77.7. The van der Waals surface area contributed by atoms with Crippen LogP contribution in [0, 0.1) is 5.92 Å². The molecule has 4 rings (SSSR count). The van der Waals surface area contributed by atoms with E-state index < -0.39 is 29.9 Å². The number of hydrogen-bond donors (Lipinski definition) is 3. The van der Waals surface area contributed by atoms with Crippen LogP contribution in [0.5, 0.6) is 5.75 Å². The van der Waals surface area contributed by atoms with Crippen molar-refractivity contribution >= 4 is 23.4 Å². The van der Waals surface area contributed by atoms with Crippen LogP contribution in [0.15, 0.2) is 17.2 Å². The third-order valence-electron chi connectivity index (χ3n) is 5.06. The van der Waals surface area contributed by atoms with Gasteiger partial charge in [-0.05, 0) is 50.0 Å². The molecule has 3 heterocycles. The molecule has 1 atom stereocenters. The average Bonchev–Trinajstić information content (AvgIpc) is 2.65. The van der Waals surface area contributed by atoms with Crippen molar-refractivity contribution in [2.45, 2.75) is 31.7 Å². The van der Waals surface area contributed by atoms with E-state index in [4.69, 9.17) is 14.6 Å². The van der Waals surface area contributed by atoms with Gasteiger partial charge >= 0.3 is 18.3 Å². The van der Waals surface area contributed by atoms with Gasteiger partial charge in [0, 0.05) is 0 Å². The van der Waals surface area contributed by atoms with Crippen LogP contribution in [-0.4, -0.2) is 54.7 Å². The van der Waals surface area contributed by atoms with Crippen molar-refractivity contribution in [3.05, 3.63) is 23.3 Å². The molecule has 176 valence electrons. The molecular formula is C18H18F6N4O4. The normalized spacial score (nSPS) is 20.5. The summed E-state index contributed by atoms with van der Waals surface area (Å²) >= 11 is 0. The molecule has 14 heteroatoms. The molecular weight excluding hydrogens is 450 g/mol. The van der Waals surface area contributed by atoms with E-state index in [2.05, 4.69) is 15.8 Å². The Balaban J connectivity index is 0.000000360. The summed E-state index contributed by atoms with van der Waals surface area (Å²) in [5.41, 5.74) is 2.41. The summed E-state index contributed by atoms with van der Waals surface area (Å²) in [5, 5.41) is 14.2. The first kappa shape index (κ1) is 23.6. The number of alkyl halides is 6. The largest absolute Gasteiger partial charge is 0.490 e. The van der Waals surface area contributed by atoms with Crippen LogP contribution in [0.25, 0.3) is 0 Å². The number of nitrogens with zero attached hydrogens (tertiary/aromatic N) is 2. The number of carboxylic acids is 1. The van der Waals surface area contributed by atoms with Gasteiger partial charge in [-0.15, -0.1) is 0 Å². The molecule has 0 radical (unpaired) electrons. The van der Waals surface area contributed by atoms with E-state index in [0.29, 0.717) is 31.0 Å². The molecule has 0 spiro atoms. The number of carboxylic acid groups (broad SMARTS) is 1.